The van der Waals surface area contributed by atoms with E-state index in [1.54, 1.807) is 29.1 Å². The van der Waals surface area contributed by atoms with E-state index in [9.17, 15) is 4.79 Å². The number of benzene rings is 2. The van der Waals surface area contributed by atoms with Gasteiger partial charge in [0.2, 0.25) is 0 Å². The van der Waals surface area contributed by atoms with Crippen molar-refractivity contribution >= 4 is 22.5 Å². The van der Waals surface area contributed by atoms with Gasteiger partial charge in [-0.05, 0) is 30.7 Å². The lowest BCUT2D eigenvalue weighted by Gasteiger charge is -2.07. The Morgan fingerprint density at radius 3 is 2.65 bits per heavy atom. The molecule has 0 saturated heterocycles. The largest absolute Gasteiger partial charge is 0.294 e. The summed E-state index contributed by atoms with van der Waals surface area (Å²) < 4.78 is 1.60. The first kappa shape index (κ1) is 12.9. The van der Waals surface area contributed by atoms with Crippen LogP contribution in [0.15, 0.2) is 53.6 Å². The topological polar surface area (TPSA) is 34.9 Å². The predicted molar refractivity (Wildman–Crippen MR) is 81.3 cm³/mol. The summed E-state index contributed by atoms with van der Waals surface area (Å²) in [5.41, 5.74) is 2.86. The van der Waals surface area contributed by atoms with E-state index < -0.39 is 0 Å². The second-order valence-electron chi connectivity index (χ2n) is 4.82. The first-order valence-electron chi connectivity index (χ1n) is 6.34. The summed E-state index contributed by atoms with van der Waals surface area (Å²) in [7, 11) is 0. The minimum atomic E-state index is -0.0712. The van der Waals surface area contributed by atoms with Gasteiger partial charge in [-0.1, -0.05) is 41.4 Å². The Hall–Kier alpha value is -2.13. The third-order valence-electron chi connectivity index (χ3n) is 3.26. The van der Waals surface area contributed by atoms with Gasteiger partial charge in [-0.3, -0.25) is 9.36 Å². The number of rotatable bonds is 2. The van der Waals surface area contributed by atoms with Gasteiger partial charge < -0.3 is 0 Å². The van der Waals surface area contributed by atoms with Crippen molar-refractivity contribution in [2.45, 2.75) is 13.5 Å². The average Bonchev–Trinajstić information content (AvgIpc) is 2.45. The molecule has 0 saturated carbocycles. The fourth-order valence-corrected chi connectivity index (χ4v) is 2.31. The molecule has 1 aromatic heterocycles. The third-order valence-corrected chi connectivity index (χ3v) is 3.49. The molecule has 0 N–H and O–H groups in total. The fourth-order valence-electron chi connectivity index (χ4n) is 2.13. The van der Waals surface area contributed by atoms with Crippen LogP contribution in [-0.4, -0.2) is 9.55 Å². The lowest BCUT2D eigenvalue weighted by molar-refractivity contribution is 0.748. The van der Waals surface area contributed by atoms with Crippen LogP contribution in [0.25, 0.3) is 10.9 Å². The second kappa shape index (κ2) is 5.10. The summed E-state index contributed by atoms with van der Waals surface area (Å²) in [5.74, 6) is 0. The Labute approximate surface area is 121 Å². The molecule has 4 heteroatoms. The molecule has 100 valence electrons. The Bertz CT molecular complexity index is 822. The average molecular weight is 285 g/mol. The van der Waals surface area contributed by atoms with Crippen LogP contribution in [0.2, 0.25) is 5.02 Å². The van der Waals surface area contributed by atoms with Crippen LogP contribution in [0.4, 0.5) is 0 Å². The molecule has 3 aromatic rings. The van der Waals surface area contributed by atoms with E-state index in [0.717, 1.165) is 5.56 Å². The number of nitrogens with zero attached hydrogens (tertiary/aromatic N) is 2. The molecule has 2 aromatic carbocycles. The third kappa shape index (κ3) is 2.45. The standard InChI is InChI=1S/C16H13ClN2O/c1-11-2-4-12(5-3-11)9-19-10-18-15-7-6-13(17)8-14(15)16(19)20/h2-8,10H,9H2,1H3. The summed E-state index contributed by atoms with van der Waals surface area (Å²) in [5, 5.41) is 1.09. The van der Waals surface area contributed by atoms with E-state index in [1.165, 1.54) is 5.56 Å². The molecule has 0 bridgehead atoms. The van der Waals surface area contributed by atoms with Crippen molar-refractivity contribution in [2.24, 2.45) is 0 Å². The molecule has 3 nitrogen and oxygen atoms in total. The van der Waals surface area contributed by atoms with Crippen molar-refractivity contribution in [3.8, 4) is 0 Å². The SMILES string of the molecule is Cc1ccc(Cn2cnc3ccc(Cl)cc3c2=O)cc1. The minimum Gasteiger partial charge on any atom is -0.294 e. The maximum atomic E-state index is 12.4. The first-order valence-corrected chi connectivity index (χ1v) is 6.71. The zero-order valence-electron chi connectivity index (χ0n) is 11.0. The van der Waals surface area contributed by atoms with Crippen molar-refractivity contribution in [3.63, 3.8) is 0 Å². The number of hydrogen-bond donors (Lipinski definition) is 0. The minimum absolute atomic E-state index is 0.0712. The van der Waals surface area contributed by atoms with Crippen molar-refractivity contribution in [2.75, 3.05) is 0 Å². The molecule has 20 heavy (non-hydrogen) atoms. The van der Waals surface area contributed by atoms with E-state index in [1.807, 2.05) is 31.2 Å². The second-order valence-corrected chi connectivity index (χ2v) is 5.26. The maximum absolute atomic E-state index is 12.4. The number of fused-ring (bicyclic) bond motifs is 1. The quantitative estimate of drug-likeness (QED) is 0.723. The van der Waals surface area contributed by atoms with Crippen molar-refractivity contribution < 1.29 is 0 Å². The summed E-state index contributed by atoms with van der Waals surface area (Å²) in [4.78, 5) is 16.7. The van der Waals surface area contributed by atoms with Crippen molar-refractivity contribution in [1.29, 1.82) is 0 Å². The monoisotopic (exact) mass is 284 g/mol. The number of hydrogen-bond acceptors (Lipinski definition) is 2. The fraction of sp³-hybridized carbons (Fsp3) is 0.125. The molecular formula is C16H13ClN2O. The van der Waals surface area contributed by atoms with Crippen LogP contribution >= 0.6 is 11.6 Å². The van der Waals surface area contributed by atoms with Crippen LogP contribution in [-0.2, 0) is 6.54 Å². The highest BCUT2D eigenvalue weighted by Crippen LogP contribution is 2.14. The predicted octanol–water partition coefficient (Wildman–Crippen LogP) is 3.41. The summed E-state index contributed by atoms with van der Waals surface area (Å²) >= 11 is 5.94. The van der Waals surface area contributed by atoms with Gasteiger partial charge in [0.25, 0.3) is 5.56 Å². The van der Waals surface area contributed by atoms with Crippen LogP contribution in [0.5, 0.6) is 0 Å². The van der Waals surface area contributed by atoms with Gasteiger partial charge in [-0.25, -0.2) is 4.98 Å². The highest BCUT2D eigenvalue weighted by molar-refractivity contribution is 6.31. The molecule has 0 unspecified atom stereocenters. The molecule has 0 aliphatic rings. The molecule has 0 spiro atoms. The van der Waals surface area contributed by atoms with Gasteiger partial charge in [0.05, 0.1) is 23.8 Å². The maximum Gasteiger partial charge on any atom is 0.261 e. The van der Waals surface area contributed by atoms with Crippen LogP contribution in [0, 0.1) is 6.92 Å². The molecule has 1 heterocycles. The van der Waals surface area contributed by atoms with Gasteiger partial charge in [0, 0.05) is 5.02 Å². The smallest absolute Gasteiger partial charge is 0.261 e. The Kier molecular flexibility index (Phi) is 3.28. The molecular weight excluding hydrogens is 272 g/mol. The van der Waals surface area contributed by atoms with E-state index in [-0.39, 0.29) is 5.56 Å². The zero-order chi connectivity index (χ0) is 14.1. The van der Waals surface area contributed by atoms with Gasteiger partial charge in [0.1, 0.15) is 0 Å². The molecule has 0 aliphatic heterocycles. The van der Waals surface area contributed by atoms with Crippen LogP contribution in [0.1, 0.15) is 11.1 Å². The molecule has 0 fully saturated rings. The van der Waals surface area contributed by atoms with E-state index in [0.29, 0.717) is 22.5 Å². The highest BCUT2D eigenvalue weighted by atomic mass is 35.5. The Morgan fingerprint density at radius 1 is 1.15 bits per heavy atom. The van der Waals surface area contributed by atoms with Crippen LogP contribution < -0.4 is 5.56 Å². The zero-order valence-corrected chi connectivity index (χ0v) is 11.8. The summed E-state index contributed by atoms with van der Waals surface area (Å²) in [6, 6.07) is 13.3. The number of aryl methyl sites for hydroxylation is 1. The lowest BCUT2D eigenvalue weighted by atomic mass is 10.1. The number of halogens is 1. The lowest BCUT2D eigenvalue weighted by Crippen LogP contribution is -2.21. The van der Waals surface area contributed by atoms with Crippen molar-refractivity contribution in [3.05, 3.63) is 75.3 Å². The van der Waals surface area contributed by atoms with Crippen LogP contribution in [0.3, 0.4) is 0 Å². The molecule has 0 radical (unpaired) electrons. The molecule has 3 rings (SSSR count). The molecule has 0 atom stereocenters. The normalized spacial score (nSPS) is 10.9. The molecule has 0 aliphatic carbocycles. The van der Waals surface area contributed by atoms with E-state index in [4.69, 9.17) is 11.6 Å². The summed E-state index contributed by atoms with van der Waals surface area (Å²) in [6.45, 7) is 2.55. The van der Waals surface area contributed by atoms with Gasteiger partial charge in [-0.2, -0.15) is 0 Å². The van der Waals surface area contributed by atoms with Crippen molar-refractivity contribution in [1.82, 2.24) is 9.55 Å². The summed E-state index contributed by atoms with van der Waals surface area (Å²) in [6.07, 6.45) is 1.58. The van der Waals surface area contributed by atoms with Gasteiger partial charge in [-0.15, -0.1) is 0 Å². The molecule has 0 amide bonds. The Morgan fingerprint density at radius 2 is 1.90 bits per heavy atom. The van der Waals surface area contributed by atoms with E-state index >= 15 is 0 Å². The van der Waals surface area contributed by atoms with Gasteiger partial charge >= 0.3 is 0 Å². The Balaban J connectivity index is 2.06. The van der Waals surface area contributed by atoms with Gasteiger partial charge in [0.15, 0.2) is 0 Å². The first-order chi connectivity index (χ1) is 9.63. The van der Waals surface area contributed by atoms with E-state index in [2.05, 4.69) is 4.98 Å². The number of aromatic nitrogens is 2. The highest BCUT2D eigenvalue weighted by Gasteiger charge is 2.05.